The van der Waals surface area contributed by atoms with Crippen LogP contribution in [-0.2, 0) is 6.42 Å². The smallest absolute Gasteiger partial charge is 0.411 e. The monoisotopic (exact) mass is 562 g/mol. The van der Waals surface area contributed by atoms with E-state index in [0.29, 0.717) is 46.3 Å². The van der Waals surface area contributed by atoms with Crippen molar-refractivity contribution in [3.05, 3.63) is 93.0 Å². The summed E-state index contributed by atoms with van der Waals surface area (Å²) in [6, 6.07) is 15.5. The first-order valence-electron chi connectivity index (χ1n) is 11.9. The molecule has 1 aliphatic rings. The van der Waals surface area contributed by atoms with E-state index in [4.69, 9.17) is 23.2 Å². The van der Waals surface area contributed by atoms with Crippen molar-refractivity contribution < 1.29 is 9.90 Å². The molecule has 39 heavy (non-hydrogen) atoms. The maximum atomic E-state index is 13.4. The number of amides is 1. The number of carboxylic acid groups (broad SMARTS) is 1. The second kappa shape index (κ2) is 9.68. The van der Waals surface area contributed by atoms with E-state index in [-0.39, 0.29) is 16.8 Å². The lowest BCUT2D eigenvalue weighted by Gasteiger charge is -2.15. The molecule has 0 spiro atoms. The molecule has 1 amide bonds. The Kier molecular flexibility index (Phi) is 6.16. The van der Waals surface area contributed by atoms with Gasteiger partial charge in [-0.25, -0.2) is 9.78 Å². The Morgan fingerprint density at radius 3 is 2.62 bits per heavy atom. The molecule has 0 aliphatic carbocycles. The third-order valence-corrected chi connectivity index (χ3v) is 7.33. The highest BCUT2D eigenvalue weighted by atomic mass is 35.5. The van der Waals surface area contributed by atoms with Gasteiger partial charge in [-0.3, -0.25) is 9.69 Å². The number of carbonyl (C=O) groups is 1. The molecule has 0 saturated carbocycles. The third-order valence-electron chi connectivity index (χ3n) is 6.82. The van der Waals surface area contributed by atoms with Crippen molar-refractivity contribution in [2.45, 2.75) is 18.9 Å². The highest BCUT2D eigenvalue weighted by Gasteiger charge is 2.29. The number of hydrogen-bond acceptors (Lipinski definition) is 6. The number of fused-ring (bicyclic) bond motifs is 1. The number of tetrazole rings is 1. The molecule has 11 nitrogen and oxygen atoms in total. The third kappa shape index (κ3) is 4.45. The number of benzene rings is 2. The van der Waals surface area contributed by atoms with Gasteiger partial charge in [0.2, 0.25) is 0 Å². The minimum Gasteiger partial charge on any atom is -0.465 e. The average Bonchev–Trinajstić information content (AvgIpc) is 3.68. The predicted molar refractivity (Wildman–Crippen MR) is 146 cm³/mol. The standard InChI is InChI=1S/C26H20Cl2N8O3/c1-34(26(38)39)17-5-2-14(3-6-17)23-24(28)31-25(30-23)21-9-7-18-10-15(11-22(37)36(18)21)19-12-16(27)4-8-20(19)35-13-29-32-33-35/h2-6,8,10-13,21H,7,9H2,1H3,(H,30,31)(H,38,39). The summed E-state index contributed by atoms with van der Waals surface area (Å²) < 4.78 is 3.26. The summed E-state index contributed by atoms with van der Waals surface area (Å²) in [7, 11) is 1.47. The van der Waals surface area contributed by atoms with Crippen LogP contribution in [0, 0.1) is 0 Å². The molecule has 1 atom stereocenters. The van der Waals surface area contributed by atoms with E-state index in [1.807, 2.05) is 6.07 Å². The van der Waals surface area contributed by atoms with Crippen LogP contribution < -0.4 is 10.5 Å². The Hall–Kier alpha value is -4.48. The molecule has 4 heterocycles. The van der Waals surface area contributed by atoms with Gasteiger partial charge in [-0.1, -0.05) is 35.3 Å². The van der Waals surface area contributed by atoms with Crippen LogP contribution in [0.5, 0.6) is 0 Å². The van der Waals surface area contributed by atoms with E-state index in [1.165, 1.54) is 18.1 Å². The van der Waals surface area contributed by atoms with Crippen LogP contribution >= 0.6 is 23.2 Å². The molecular formula is C26H20Cl2N8O3. The number of aryl methyl sites for hydroxylation is 1. The summed E-state index contributed by atoms with van der Waals surface area (Å²) in [6.45, 7) is 0. The first-order valence-corrected chi connectivity index (χ1v) is 12.7. The SMILES string of the molecule is CN(C(=O)O)c1ccc(-c2[nH]c(C3CCc4cc(-c5cc(Cl)ccc5-n5cnnn5)cc(=O)n43)nc2Cl)cc1. The molecule has 0 radical (unpaired) electrons. The number of rotatable bonds is 5. The number of halogens is 2. The summed E-state index contributed by atoms with van der Waals surface area (Å²) in [5.41, 5.74) is 4.70. The zero-order chi connectivity index (χ0) is 27.3. The molecule has 2 N–H and O–H groups in total. The van der Waals surface area contributed by atoms with Crippen molar-refractivity contribution in [2.75, 3.05) is 11.9 Å². The van der Waals surface area contributed by atoms with E-state index in [9.17, 15) is 14.7 Å². The maximum Gasteiger partial charge on any atom is 0.411 e. The van der Waals surface area contributed by atoms with Crippen molar-refractivity contribution >= 4 is 35.0 Å². The zero-order valence-corrected chi connectivity index (χ0v) is 21.9. The predicted octanol–water partition coefficient (Wildman–Crippen LogP) is 4.84. The molecule has 5 aromatic rings. The number of anilines is 1. The van der Waals surface area contributed by atoms with Crippen molar-refractivity contribution in [3.63, 3.8) is 0 Å². The molecule has 6 rings (SSSR count). The number of nitrogens with one attached hydrogen (secondary N) is 1. The summed E-state index contributed by atoms with van der Waals surface area (Å²) in [5, 5.41) is 21.4. The molecule has 2 aromatic carbocycles. The summed E-state index contributed by atoms with van der Waals surface area (Å²) in [5.74, 6) is 0.576. The Balaban J connectivity index is 1.35. The Bertz CT molecular complexity index is 1760. The summed E-state index contributed by atoms with van der Waals surface area (Å²) in [4.78, 5) is 33.6. The highest BCUT2D eigenvalue weighted by molar-refractivity contribution is 6.32. The lowest BCUT2D eigenvalue weighted by atomic mass is 10.0. The molecule has 3 aromatic heterocycles. The number of nitrogens with zero attached hydrogens (tertiary/aromatic N) is 7. The van der Waals surface area contributed by atoms with Gasteiger partial charge in [-0.05, 0) is 65.2 Å². The van der Waals surface area contributed by atoms with Crippen molar-refractivity contribution in [3.8, 4) is 28.1 Å². The first kappa shape index (κ1) is 24.8. The van der Waals surface area contributed by atoms with Crippen molar-refractivity contribution in [2.24, 2.45) is 0 Å². The largest absolute Gasteiger partial charge is 0.465 e. The molecule has 13 heteroatoms. The van der Waals surface area contributed by atoms with Gasteiger partial charge in [0.05, 0.1) is 17.4 Å². The minimum absolute atomic E-state index is 0.178. The normalized spacial score (nSPS) is 14.4. The number of imidazole rings is 1. The van der Waals surface area contributed by atoms with Gasteiger partial charge in [0.15, 0.2) is 5.15 Å². The fourth-order valence-electron chi connectivity index (χ4n) is 4.90. The van der Waals surface area contributed by atoms with Crippen molar-refractivity contribution in [1.29, 1.82) is 0 Å². The number of aromatic nitrogens is 7. The van der Waals surface area contributed by atoms with Crippen LogP contribution in [0.2, 0.25) is 10.2 Å². The van der Waals surface area contributed by atoms with Gasteiger partial charge in [0.25, 0.3) is 5.56 Å². The zero-order valence-electron chi connectivity index (χ0n) is 20.4. The van der Waals surface area contributed by atoms with E-state index in [2.05, 4.69) is 25.5 Å². The topological polar surface area (TPSA) is 135 Å². The molecule has 0 bridgehead atoms. The highest BCUT2D eigenvalue weighted by Crippen LogP contribution is 2.36. The molecular weight excluding hydrogens is 543 g/mol. The number of H-pyrrole nitrogens is 1. The average molecular weight is 563 g/mol. The number of pyridine rings is 1. The van der Waals surface area contributed by atoms with Gasteiger partial charge in [0, 0.05) is 40.6 Å². The van der Waals surface area contributed by atoms with Gasteiger partial charge < -0.3 is 14.7 Å². The van der Waals surface area contributed by atoms with Crippen molar-refractivity contribution in [1.82, 2.24) is 34.7 Å². The lowest BCUT2D eigenvalue weighted by molar-refractivity contribution is 0.203. The van der Waals surface area contributed by atoms with E-state index in [1.54, 1.807) is 53.1 Å². The van der Waals surface area contributed by atoms with Crippen LogP contribution in [0.4, 0.5) is 10.5 Å². The minimum atomic E-state index is -1.06. The van der Waals surface area contributed by atoms with Gasteiger partial charge in [-0.2, -0.15) is 4.68 Å². The van der Waals surface area contributed by atoms with Crippen LogP contribution in [0.1, 0.15) is 24.0 Å². The maximum absolute atomic E-state index is 13.4. The summed E-state index contributed by atoms with van der Waals surface area (Å²) >= 11 is 12.8. The van der Waals surface area contributed by atoms with E-state index < -0.39 is 6.09 Å². The summed E-state index contributed by atoms with van der Waals surface area (Å²) in [6.07, 6.45) is 1.76. The molecule has 0 saturated heterocycles. The lowest BCUT2D eigenvalue weighted by Crippen LogP contribution is -2.24. The second-order valence-corrected chi connectivity index (χ2v) is 9.88. The van der Waals surface area contributed by atoms with Crippen LogP contribution in [0.3, 0.4) is 0 Å². The Labute approximate surface area is 231 Å². The molecule has 0 fully saturated rings. The van der Waals surface area contributed by atoms with Gasteiger partial charge in [-0.15, -0.1) is 5.10 Å². The fraction of sp³-hybridized carbons (Fsp3) is 0.154. The number of hydrogen-bond donors (Lipinski definition) is 2. The van der Waals surface area contributed by atoms with Crippen LogP contribution in [-0.4, -0.2) is 53.0 Å². The Morgan fingerprint density at radius 1 is 1.10 bits per heavy atom. The quantitative estimate of drug-likeness (QED) is 0.313. The molecule has 1 aliphatic heterocycles. The second-order valence-electron chi connectivity index (χ2n) is 9.09. The molecule has 1 unspecified atom stereocenters. The first-order chi connectivity index (χ1) is 18.8. The van der Waals surface area contributed by atoms with E-state index >= 15 is 0 Å². The fourth-order valence-corrected chi connectivity index (χ4v) is 5.32. The van der Waals surface area contributed by atoms with E-state index in [0.717, 1.165) is 21.7 Å². The Morgan fingerprint density at radius 2 is 1.90 bits per heavy atom. The molecule has 196 valence electrons. The van der Waals surface area contributed by atoms with Crippen LogP contribution in [0.15, 0.2) is 65.7 Å². The van der Waals surface area contributed by atoms with Gasteiger partial charge in [0.1, 0.15) is 12.2 Å². The van der Waals surface area contributed by atoms with Crippen LogP contribution in [0.25, 0.3) is 28.1 Å². The number of aromatic amines is 1. The van der Waals surface area contributed by atoms with Gasteiger partial charge >= 0.3 is 6.09 Å².